The van der Waals surface area contributed by atoms with Crippen molar-refractivity contribution < 1.29 is 24.8 Å². The molecule has 9 nitrogen and oxygen atoms in total. The minimum atomic E-state index is -1.44. The second kappa shape index (κ2) is 5.02. The normalized spacial score (nSPS) is 33.4. The van der Waals surface area contributed by atoms with Gasteiger partial charge in [-0.1, -0.05) is 0 Å². The second-order valence-corrected chi connectivity index (χ2v) is 4.78. The lowest BCUT2D eigenvalue weighted by atomic mass is 9.99. The van der Waals surface area contributed by atoms with E-state index in [1.165, 1.54) is 14.0 Å². The molecular formula is C11H16N2O7. The third-order valence-electron chi connectivity index (χ3n) is 3.37. The van der Waals surface area contributed by atoms with Gasteiger partial charge in [0.25, 0.3) is 5.56 Å². The third-order valence-corrected chi connectivity index (χ3v) is 3.37. The Labute approximate surface area is 113 Å². The van der Waals surface area contributed by atoms with Crippen LogP contribution in [0.25, 0.3) is 0 Å². The van der Waals surface area contributed by atoms with Crippen molar-refractivity contribution in [3.05, 3.63) is 27.0 Å². The van der Waals surface area contributed by atoms with E-state index >= 15 is 0 Å². The Morgan fingerprint density at radius 1 is 1.50 bits per heavy atom. The summed E-state index contributed by atoms with van der Waals surface area (Å²) in [6.07, 6.45) is -3.01. The number of H-pyrrole nitrogens is 1. The first-order chi connectivity index (χ1) is 9.34. The molecule has 0 aliphatic carbocycles. The number of hydrogen-bond donors (Lipinski definition) is 4. The van der Waals surface area contributed by atoms with Gasteiger partial charge in [-0.05, 0) is 6.92 Å². The van der Waals surface area contributed by atoms with Crippen LogP contribution in [0.15, 0.2) is 15.8 Å². The Morgan fingerprint density at radius 2 is 2.15 bits per heavy atom. The van der Waals surface area contributed by atoms with Crippen molar-refractivity contribution in [3.8, 4) is 5.75 Å². The third kappa shape index (κ3) is 2.14. The van der Waals surface area contributed by atoms with E-state index in [2.05, 4.69) is 0 Å². The highest BCUT2D eigenvalue weighted by molar-refractivity contribution is 5.13. The maximum absolute atomic E-state index is 11.8. The van der Waals surface area contributed by atoms with Crippen molar-refractivity contribution in [2.45, 2.75) is 31.0 Å². The molecule has 0 radical (unpaired) electrons. The maximum Gasteiger partial charge on any atom is 0.330 e. The molecule has 1 fully saturated rings. The lowest BCUT2D eigenvalue weighted by molar-refractivity contribution is -0.118. The molecule has 1 aliphatic rings. The molecule has 4 atom stereocenters. The molecule has 2 heterocycles. The summed E-state index contributed by atoms with van der Waals surface area (Å²) in [6.45, 7) is 0.853. The van der Waals surface area contributed by atoms with Crippen LogP contribution in [0.5, 0.6) is 5.75 Å². The largest absolute Gasteiger partial charge is 0.490 e. The van der Waals surface area contributed by atoms with Crippen molar-refractivity contribution in [1.82, 2.24) is 9.55 Å². The Bertz CT molecular complexity index is 610. The summed E-state index contributed by atoms with van der Waals surface area (Å²) in [5.41, 5.74) is -2.95. The number of hydrogen-bond acceptors (Lipinski definition) is 7. The van der Waals surface area contributed by atoms with Crippen molar-refractivity contribution >= 4 is 0 Å². The number of nitrogens with one attached hydrogen (secondary N) is 1. The van der Waals surface area contributed by atoms with Crippen LogP contribution in [-0.4, -0.2) is 56.4 Å². The fraction of sp³-hybridized carbons (Fsp3) is 0.636. The number of aliphatic hydroxyl groups excluding tert-OH is 3. The first-order valence-corrected chi connectivity index (χ1v) is 5.88. The smallest absolute Gasteiger partial charge is 0.330 e. The van der Waals surface area contributed by atoms with Gasteiger partial charge in [0.05, 0.1) is 19.9 Å². The van der Waals surface area contributed by atoms with E-state index in [-0.39, 0.29) is 5.75 Å². The fourth-order valence-electron chi connectivity index (χ4n) is 2.09. The van der Waals surface area contributed by atoms with E-state index < -0.39 is 41.9 Å². The molecule has 9 heteroatoms. The van der Waals surface area contributed by atoms with E-state index in [1.54, 1.807) is 0 Å². The SMILES string of the molecule is COc1cn([C@@H]2O[C@](C)(CO)C(O)[C@@H]2O)c(=O)[nH]c1=O. The number of aromatic amines is 1. The monoisotopic (exact) mass is 288 g/mol. The molecule has 112 valence electrons. The molecule has 0 saturated carbocycles. The molecule has 0 aromatic carbocycles. The van der Waals surface area contributed by atoms with E-state index in [0.717, 1.165) is 10.8 Å². The van der Waals surface area contributed by atoms with Crippen molar-refractivity contribution in [2.75, 3.05) is 13.7 Å². The van der Waals surface area contributed by atoms with E-state index in [1.807, 2.05) is 4.98 Å². The van der Waals surface area contributed by atoms with Gasteiger partial charge in [-0.3, -0.25) is 14.3 Å². The Morgan fingerprint density at radius 3 is 2.65 bits per heavy atom. The number of methoxy groups -OCH3 is 1. The van der Waals surface area contributed by atoms with Gasteiger partial charge in [-0.15, -0.1) is 0 Å². The molecular weight excluding hydrogens is 272 g/mol. The number of rotatable bonds is 3. The van der Waals surface area contributed by atoms with Crippen molar-refractivity contribution in [3.63, 3.8) is 0 Å². The number of nitrogens with zero attached hydrogens (tertiary/aromatic N) is 1. The molecule has 1 saturated heterocycles. The molecule has 1 aliphatic heterocycles. The lowest BCUT2D eigenvalue weighted by Gasteiger charge is -2.24. The van der Waals surface area contributed by atoms with Crippen molar-refractivity contribution in [1.29, 1.82) is 0 Å². The fourth-order valence-corrected chi connectivity index (χ4v) is 2.09. The molecule has 20 heavy (non-hydrogen) atoms. The first-order valence-electron chi connectivity index (χ1n) is 5.88. The van der Waals surface area contributed by atoms with Crippen LogP contribution in [0.1, 0.15) is 13.2 Å². The highest BCUT2D eigenvalue weighted by atomic mass is 16.6. The lowest BCUT2D eigenvalue weighted by Crippen LogP contribution is -2.43. The summed E-state index contributed by atoms with van der Waals surface area (Å²) in [6, 6.07) is 0. The average molecular weight is 288 g/mol. The number of ether oxygens (including phenoxy) is 2. The van der Waals surface area contributed by atoms with Gasteiger partial charge in [0.2, 0.25) is 5.75 Å². The summed E-state index contributed by atoms with van der Waals surface area (Å²) in [4.78, 5) is 25.2. The van der Waals surface area contributed by atoms with Crippen LogP contribution >= 0.6 is 0 Å². The zero-order valence-corrected chi connectivity index (χ0v) is 10.9. The Hall–Kier alpha value is -1.68. The van der Waals surface area contributed by atoms with E-state index in [4.69, 9.17) is 9.47 Å². The van der Waals surface area contributed by atoms with Gasteiger partial charge in [-0.25, -0.2) is 4.79 Å². The van der Waals surface area contributed by atoms with Crippen LogP contribution in [0.4, 0.5) is 0 Å². The van der Waals surface area contributed by atoms with Crippen LogP contribution in [0.3, 0.4) is 0 Å². The minimum absolute atomic E-state index is 0.146. The first kappa shape index (κ1) is 14.7. The molecule has 1 unspecified atom stereocenters. The minimum Gasteiger partial charge on any atom is -0.490 e. The molecule has 0 bridgehead atoms. The molecule has 2 rings (SSSR count). The Kier molecular flexibility index (Phi) is 3.69. The van der Waals surface area contributed by atoms with E-state index in [9.17, 15) is 24.9 Å². The molecule has 1 aromatic rings. The zero-order valence-electron chi connectivity index (χ0n) is 10.9. The van der Waals surface area contributed by atoms with Gasteiger partial charge in [0.1, 0.15) is 17.8 Å². The highest BCUT2D eigenvalue weighted by Gasteiger charge is 2.52. The highest BCUT2D eigenvalue weighted by Crippen LogP contribution is 2.36. The summed E-state index contributed by atoms with van der Waals surface area (Å²) in [7, 11) is 1.25. The summed E-state index contributed by atoms with van der Waals surface area (Å²) in [5, 5.41) is 29.0. The molecule has 0 amide bonds. The number of aromatic nitrogens is 2. The Balaban J connectivity index is 2.48. The summed E-state index contributed by atoms with van der Waals surface area (Å²) in [5.74, 6) is -0.146. The predicted octanol–water partition coefficient (Wildman–Crippen LogP) is -2.45. The second-order valence-electron chi connectivity index (χ2n) is 4.78. The number of aliphatic hydroxyl groups is 3. The standard InChI is InChI=1S/C11H16N2O7/c1-11(4-14)7(16)6(15)9(20-11)13-3-5(19-2)8(17)12-10(13)18/h3,6-7,9,14-16H,4H2,1-2H3,(H,12,17,18)/t6-,7?,9+,11+/m0/s1. The average Bonchev–Trinajstić information content (AvgIpc) is 2.64. The van der Waals surface area contributed by atoms with E-state index in [0.29, 0.717) is 0 Å². The molecule has 1 aromatic heterocycles. The van der Waals surface area contributed by atoms with Crippen LogP contribution < -0.4 is 16.0 Å². The van der Waals surface area contributed by atoms with Gasteiger partial charge in [0, 0.05) is 0 Å². The van der Waals surface area contributed by atoms with Gasteiger partial charge in [-0.2, -0.15) is 0 Å². The summed E-state index contributed by atoms with van der Waals surface area (Å²) < 4.78 is 11.1. The van der Waals surface area contributed by atoms with Crippen LogP contribution in [0, 0.1) is 0 Å². The quantitative estimate of drug-likeness (QED) is 0.485. The van der Waals surface area contributed by atoms with Crippen LogP contribution in [0.2, 0.25) is 0 Å². The topological polar surface area (TPSA) is 134 Å². The summed E-state index contributed by atoms with van der Waals surface area (Å²) >= 11 is 0. The van der Waals surface area contributed by atoms with Crippen LogP contribution in [-0.2, 0) is 4.74 Å². The molecule has 4 N–H and O–H groups in total. The van der Waals surface area contributed by atoms with Gasteiger partial charge < -0.3 is 24.8 Å². The van der Waals surface area contributed by atoms with Gasteiger partial charge >= 0.3 is 5.69 Å². The van der Waals surface area contributed by atoms with Gasteiger partial charge in [0.15, 0.2) is 6.23 Å². The maximum atomic E-state index is 11.8. The predicted molar refractivity (Wildman–Crippen MR) is 65.5 cm³/mol. The van der Waals surface area contributed by atoms with Crippen molar-refractivity contribution in [2.24, 2.45) is 0 Å². The zero-order chi connectivity index (χ0) is 15.1. The molecule has 0 spiro atoms.